The number of hydrogen-bond acceptors (Lipinski definition) is 4. The molecule has 82 valence electrons. The van der Waals surface area contributed by atoms with Crippen LogP contribution in [0.4, 0.5) is 5.82 Å². The van der Waals surface area contributed by atoms with Gasteiger partial charge < -0.3 is 5.43 Å². The second-order valence-corrected chi connectivity index (χ2v) is 3.74. The molecule has 2 aromatic heterocycles. The van der Waals surface area contributed by atoms with E-state index in [4.69, 9.17) is 17.4 Å². The fourth-order valence-electron chi connectivity index (χ4n) is 1.51. The van der Waals surface area contributed by atoms with Crippen molar-refractivity contribution >= 4 is 17.4 Å². The van der Waals surface area contributed by atoms with Crippen molar-refractivity contribution in [2.45, 2.75) is 6.92 Å². The minimum absolute atomic E-state index is 0.483. The second kappa shape index (κ2) is 4.47. The summed E-state index contributed by atoms with van der Waals surface area (Å²) in [7, 11) is 0. The van der Waals surface area contributed by atoms with Gasteiger partial charge in [-0.25, -0.2) is 10.8 Å². The molecule has 0 aliphatic heterocycles. The molecule has 0 saturated heterocycles. The number of halogens is 1. The highest BCUT2D eigenvalue weighted by Crippen LogP contribution is 2.28. The average molecular weight is 235 g/mol. The van der Waals surface area contributed by atoms with Crippen molar-refractivity contribution in [3.8, 4) is 11.1 Å². The highest BCUT2D eigenvalue weighted by atomic mass is 35.5. The van der Waals surface area contributed by atoms with Crippen LogP contribution in [0, 0.1) is 6.92 Å². The van der Waals surface area contributed by atoms with Gasteiger partial charge in [-0.3, -0.25) is 4.98 Å². The zero-order valence-corrected chi connectivity index (χ0v) is 9.49. The third kappa shape index (κ3) is 1.98. The molecule has 2 rings (SSSR count). The third-order valence-corrected chi connectivity index (χ3v) is 2.58. The maximum absolute atomic E-state index is 6.03. The maximum Gasteiger partial charge on any atom is 0.159 e. The Morgan fingerprint density at radius 2 is 2.00 bits per heavy atom. The van der Waals surface area contributed by atoms with Crippen molar-refractivity contribution in [2.75, 3.05) is 5.43 Å². The number of aryl methyl sites for hydroxylation is 1. The van der Waals surface area contributed by atoms with Gasteiger partial charge in [0.05, 0.1) is 5.02 Å². The Morgan fingerprint density at radius 1 is 1.31 bits per heavy atom. The van der Waals surface area contributed by atoms with Crippen LogP contribution in [0.25, 0.3) is 11.1 Å². The molecule has 0 radical (unpaired) electrons. The van der Waals surface area contributed by atoms with E-state index in [1.54, 1.807) is 12.4 Å². The van der Waals surface area contributed by atoms with Crippen molar-refractivity contribution in [3.05, 3.63) is 41.3 Å². The minimum atomic E-state index is 0.483. The fourth-order valence-corrected chi connectivity index (χ4v) is 1.71. The number of hydrogen-bond donors (Lipinski definition) is 2. The SMILES string of the molecule is Cc1nc(NN)c(Cl)cc1-c1ccncc1. The molecule has 0 amide bonds. The lowest BCUT2D eigenvalue weighted by Crippen LogP contribution is -2.09. The van der Waals surface area contributed by atoms with Crippen molar-refractivity contribution in [1.29, 1.82) is 0 Å². The van der Waals surface area contributed by atoms with Crippen LogP contribution in [0.5, 0.6) is 0 Å². The summed E-state index contributed by atoms with van der Waals surface area (Å²) < 4.78 is 0. The van der Waals surface area contributed by atoms with E-state index in [9.17, 15) is 0 Å². The molecule has 5 heteroatoms. The summed E-state index contributed by atoms with van der Waals surface area (Å²) in [6, 6.07) is 5.67. The molecule has 0 atom stereocenters. The fraction of sp³-hybridized carbons (Fsp3) is 0.0909. The number of nitrogen functional groups attached to an aromatic ring is 1. The molecule has 2 aromatic rings. The normalized spacial score (nSPS) is 10.2. The molecule has 2 heterocycles. The summed E-state index contributed by atoms with van der Waals surface area (Å²) in [6.07, 6.45) is 3.47. The lowest BCUT2D eigenvalue weighted by molar-refractivity contribution is 1.16. The minimum Gasteiger partial charge on any atom is -0.307 e. The number of nitrogens with two attached hydrogens (primary N) is 1. The van der Waals surface area contributed by atoms with E-state index < -0.39 is 0 Å². The lowest BCUT2D eigenvalue weighted by atomic mass is 10.1. The summed E-state index contributed by atoms with van der Waals surface area (Å²) in [5.41, 5.74) is 5.33. The quantitative estimate of drug-likeness (QED) is 0.619. The van der Waals surface area contributed by atoms with E-state index >= 15 is 0 Å². The Kier molecular flexibility index (Phi) is 3.03. The van der Waals surface area contributed by atoms with Crippen LogP contribution >= 0.6 is 11.6 Å². The van der Waals surface area contributed by atoms with E-state index in [0.717, 1.165) is 16.8 Å². The molecule has 0 fully saturated rings. The van der Waals surface area contributed by atoms with Crippen LogP contribution in [0.2, 0.25) is 5.02 Å². The summed E-state index contributed by atoms with van der Waals surface area (Å²) >= 11 is 6.03. The maximum atomic E-state index is 6.03. The Bertz CT molecular complexity index is 499. The molecule has 16 heavy (non-hydrogen) atoms. The van der Waals surface area contributed by atoms with Crippen LogP contribution in [-0.2, 0) is 0 Å². The van der Waals surface area contributed by atoms with E-state index in [0.29, 0.717) is 10.8 Å². The molecule has 0 aromatic carbocycles. The molecule has 3 N–H and O–H groups in total. The standard InChI is InChI=1S/C11H11ClN4/c1-7-9(8-2-4-14-5-3-8)6-10(12)11(15-7)16-13/h2-6H,13H2,1H3,(H,15,16). The van der Waals surface area contributed by atoms with Crippen LogP contribution in [0.15, 0.2) is 30.6 Å². The van der Waals surface area contributed by atoms with Crippen molar-refractivity contribution in [3.63, 3.8) is 0 Å². The topological polar surface area (TPSA) is 63.8 Å². The lowest BCUT2D eigenvalue weighted by Gasteiger charge is -2.09. The molecule has 0 bridgehead atoms. The number of nitrogens with zero attached hydrogens (tertiary/aromatic N) is 2. The average Bonchev–Trinajstić information content (AvgIpc) is 2.32. The van der Waals surface area contributed by atoms with E-state index in [-0.39, 0.29) is 0 Å². The van der Waals surface area contributed by atoms with E-state index in [2.05, 4.69) is 15.4 Å². The van der Waals surface area contributed by atoms with Gasteiger partial charge in [-0.1, -0.05) is 11.6 Å². The first-order valence-corrected chi connectivity index (χ1v) is 5.14. The molecular formula is C11H11ClN4. The highest BCUT2D eigenvalue weighted by Gasteiger charge is 2.08. The van der Waals surface area contributed by atoms with E-state index in [1.165, 1.54) is 0 Å². The summed E-state index contributed by atoms with van der Waals surface area (Å²) in [4.78, 5) is 8.25. The molecule has 4 nitrogen and oxygen atoms in total. The van der Waals surface area contributed by atoms with Crippen LogP contribution in [-0.4, -0.2) is 9.97 Å². The predicted octanol–water partition coefficient (Wildman–Crippen LogP) is 2.39. The number of aromatic nitrogens is 2. The van der Waals surface area contributed by atoms with Gasteiger partial charge in [0.15, 0.2) is 5.82 Å². The molecule has 0 spiro atoms. The Labute approximate surface area is 98.5 Å². The van der Waals surface area contributed by atoms with Gasteiger partial charge in [0.1, 0.15) is 0 Å². The first kappa shape index (κ1) is 10.9. The zero-order valence-electron chi connectivity index (χ0n) is 8.74. The van der Waals surface area contributed by atoms with Gasteiger partial charge in [0.2, 0.25) is 0 Å². The second-order valence-electron chi connectivity index (χ2n) is 3.33. The number of nitrogens with one attached hydrogen (secondary N) is 1. The monoisotopic (exact) mass is 234 g/mol. The zero-order chi connectivity index (χ0) is 11.5. The van der Waals surface area contributed by atoms with Crippen molar-refractivity contribution in [2.24, 2.45) is 5.84 Å². The molecule has 0 aliphatic carbocycles. The predicted molar refractivity (Wildman–Crippen MR) is 65.0 cm³/mol. The molecular weight excluding hydrogens is 224 g/mol. The van der Waals surface area contributed by atoms with Crippen LogP contribution in [0.3, 0.4) is 0 Å². The number of hydrazine groups is 1. The van der Waals surface area contributed by atoms with Gasteiger partial charge >= 0.3 is 0 Å². The number of pyridine rings is 2. The third-order valence-electron chi connectivity index (χ3n) is 2.29. The van der Waals surface area contributed by atoms with Crippen molar-refractivity contribution in [1.82, 2.24) is 9.97 Å². The summed E-state index contributed by atoms with van der Waals surface area (Å²) in [5, 5.41) is 0.500. The van der Waals surface area contributed by atoms with Gasteiger partial charge in [0.25, 0.3) is 0 Å². The van der Waals surface area contributed by atoms with Crippen LogP contribution < -0.4 is 11.3 Å². The molecule has 0 saturated carbocycles. The van der Waals surface area contributed by atoms with Gasteiger partial charge in [-0.15, -0.1) is 0 Å². The Balaban J connectivity index is 2.55. The first-order chi connectivity index (χ1) is 7.72. The van der Waals surface area contributed by atoms with Gasteiger partial charge in [-0.2, -0.15) is 0 Å². The smallest absolute Gasteiger partial charge is 0.159 e. The number of rotatable bonds is 2. The summed E-state index contributed by atoms with van der Waals surface area (Å²) in [6.45, 7) is 1.91. The summed E-state index contributed by atoms with van der Waals surface area (Å²) in [5.74, 6) is 5.78. The van der Waals surface area contributed by atoms with E-state index in [1.807, 2.05) is 25.1 Å². The van der Waals surface area contributed by atoms with Gasteiger partial charge in [0, 0.05) is 23.7 Å². The first-order valence-electron chi connectivity index (χ1n) is 4.76. The largest absolute Gasteiger partial charge is 0.307 e. The van der Waals surface area contributed by atoms with Gasteiger partial charge in [-0.05, 0) is 30.7 Å². The molecule has 0 aliphatic rings. The number of anilines is 1. The van der Waals surface area contributed by atoms with Crippen LogP contribution in [0.1, 0.15) is 5.69 Å². The Morgan fingerprint density at radius 3 is 2.62 bits per heavy atom. The Hall–Kier alpha value is -1.65. The highest BCUT2D eigenvalue weighted by molar-refractivity contribution is 6.33. The van der Waals surface area contributed by atoms with Crippen molar-refractivity contribution < 1.29 is 0 Å². The molecule has 0 unspecified atom stereocenters.